The number of carbonyl (C=O) groups is 3. The Hall–Kier alpha value is -3.12. The molecule has 0 saturated heterocycles. The second-order valence-corrected chi connectivity index (χ2v) is 10.3. The Morgan fingerprint density at radius 1 is 1.16 bits per heavy atom. The van der Waals surface area contributed by atoms with E-state index in [-0.39, 0.29) is 12.2 Å². The van der Waals surface area contributed by atoms with Crippen LogP contribution in [0.25, 0.3) is 0 Å². The van der Waals surface area contributed by atoms with Gasteiger partial charge >= 0.3 is 5.97 Å². The van der Waals surface area contributed by atoms with Crippen LogP contribution in [-0.4, -0.2) is 54.1 Å². The summed E-state index contributed by atoms with van der Waals surface area (Å²) in [5.41, 5.74) is -0.614. The lowest BCUT2D eigenvalue weighted by Gasteiger charge is -2.24. The lowest BCUT2D eigenvalue weighted by atomic mass is 10.1. The average molecular weight is 525 g/mol. The number of esters is 1. The van der Waals surface area contributed by atoms with Crippen LogP contribution in [0, 0.1) is 10.1 Å². The van der Waals surface area contributed by atoms with Crippen molar-refractivity contribution in [1.82, 2.24) is 4.90 Å². The summed E-state index contributed by atoms with van der Waals surface area (Å²) in [4.78, 5) is 49.7. The Morgan fingerprint density at radius 3 is 2.41 bits per heavy atom. The zero-order valence-corrected chi connectivity index (χ0v) is 19.1. The molecule has 2 aromatic carbocycles. The van der Waals surface area contributed by atoms with Gasteiger partial charge < -0.3 is 4.74 Å². The van der Waals surface area contributed by atoms with Crippen LogP contribution in [-0.2, 0) is 26.0 Å². The van der Waals surface area contributed by atoms with E-state index >= 15 is 0 Å². The number of nitro groups is 1. The maximum Gasteiger partial charge on any atom is 0.329 e. The van der Waals surface area contributed by atoms with E-state index < -0.39 is 62.0 Å². The van der Waals surface area contributed by atoms with Crippen molar-refractivity contribution in [1.29, 1.82) is 0 Å². The zero-order valence-electron chi connectivity index (χ0n) is 16.7. The molecule has 10 nitrogen and oxygen atoms in total. The summed E-state index contributed by atoms with van der Waals surface area (Å²) in [7, 11) is -3.55. The van der Waals surface area contributed by atoms with Crippen molar-refractivity contribution in [3.8, 4) is 0 Å². The number of fused-ring (bicyclic) bond motifs is 1. The number of halogens is 1. The van der Waals surface area contributed by atoms with E-state index in [2.05, 4.69) is 15.9 Å². The minimum Gasteiger partial charge on any atom is -0.459 e. The number of nitrogens with zero attached hydrogens (tertiary/aromatic N) is 2. The van der Waals surface area contributed by atoms with Crippen LogP contribution in [0.4, 0.5) is 5.69 Å². The first-order chi connectivity index (χ1) is 15.0. The van der Waals surface area contributed by atoms with Gasteiger partial charge in [-0.15, -0.1) is 0 Å². The van der Waals surface area contributed by atoms with Crippen LogP contribution in [0.15, 0.2) is 46.9 Å². The maximum atomic E-state index is 13.0. The molecule has 32 heavy (non-hydrogen) atoms. The fourth-order valence-corrected chi connectivity index (χ4v) is 4.15. The summed E-state index contributed by atoms with van der Waals surface area (Å²) < 4.78 is 29.4. The number of benzene rings is 2. The first-order valence-electron chi connectivity index (χ1n) is 9.23. The number of ether oxygens (including phenoxy) is 1. The molecule has 3 rings (SSSR count). The third-order valence-corrected chi connectivity index (χ3v) is 6.27. The number of sulfone groups is 1. The number of amides is 2. The van der Waals surface area contributed by atoms with Crippen molar-refractivity contribution >= 4 is 49.2 Å². The first kappa shape index (κ1) is 23.5. The van der Waals surface area contributed by atoms with Crippen molar-refractivity contribution in [2.75, 3.05) is 12.0 Å². The van der Waals surface area contributed by atoms with Crippen molar-refractivity contribution < 1.29 is 32.5 Å². The quantitative estimate of drug-likeness (QED) is 0.222. The Labute approximate surface area is 191 Å². The minimum atomic E-state index is -3.55. The number of nitro benzene ring substituents is 1. The minimum absolute atomic E-state index is 0.176. The third-order valence-electron chi connectivity index (χ3n) is 4.76. The summed E-state index contributed by atoms with van der Waals surface area (Å²) in [5, 5.41) is 11.3. The van der Waals surface area contributed by atoms with Crippen LogP contribution in [0.3, 0.4) is 0 Å². The molecule has 0 fully saturated rings. The Kier molecular flexibility index (Phi) is 6.74. The van der Waals surface area contributed by atoms with Crippen molar-refractivity contribution in [3.05, 3.63) is 73.7 Å². The first-order valence-corrected chi connectivity index (χ1v) is 12.1. The predicted molar refractivity (Wildman–Crippen MR) is 116 cm³/mol. The predicted octanol–water partition coefficient (Wildman–Crippen LogP) is 2.50. The SMILES string of the molecule is CS(=O)(=O)CC[C@@H](C(=O)OCc1ccc(Br)cc1)N1C(=O)c2cccc([N+](=O)[O-])c2C1=O. The molecule has 0 spiro atoms. The smallest absolute Gasteiger partial charge is 0.329 e. The normalized spacial score (nSPS) is 14.2. The van der Waals surface area contributed by atoms with Gasteiger partial charge in [-0.2, -0.15) is 0 Å². The second kappa shape index (κ2) is 9.17. The van der Waals surface area contributed by atoms with Crippen LogP contribution in [0.2, 0.25) is 0 Å². The molecule has 1 aliphatic heterocycles. The van der Waals surface area contributed by atoms with Gasteiger partial charge in [-0.25, -0.2) is 13.2 Å². The van der Waals surface area contributed by atoms with Gasteiger partial charge in [0.15, 0.2) is 0 Å². The van der Waals surface area contributed by atoms with E-state index in [9.17, 15) is 32.9 Å². The molecule has 1 heterocycles. The Morgan fingerprint density at radius 2 is 1.81 bits per heavy atom. The number of carbonyl (C=O) groups excluding carboxylic acids is 3. The highest BCUT2D eigenvalue weighted by Crippen LogP contribution is 2.33. The van der Waals surface area contributed by atoms with E-state index in [0.717, 1.165) is 16.8 Å². The van der Waals surface area contributed by atoms with Gasteiger partial charge in [0, 0.05) is 16.8 Å². The summed E-state index contributed by atoms with van der Waals surface area (Å²) in [6, 6.07) is 8.84. The van der Waals surface area contributed by atoms with Gasteiger partial charge in [0.25, 0.3) is 17.5 Å². The van der Waals surface area contributed by atoms with Crippen LogP contribution in [0.5, 0.6) is 0 Å². The highest BCUT2D eigenvalue weighted by molar-refractivity contribution is 9.10. The average Bonchev–Trinajstić information content (AvgIpc) is 2.98. The van der Waals surface area contributed by atoms with Gasteiger partial charge in [0.05, 0.1) is 16.2 Å². The molecule has 0 bridgehead atoms. The van der Waals surface area contributed by atoms with Gasteiger partial charge in [0.1, 0.15) is 28.0 Å². The monoisotopic (exact) mass is 524 g/mol. The van der Waals surface area contributed by atoms with Crippen LogP contribution < -0.4 is 0 Å². The number of imide groups is 1. The van der Waals surface area contributed by atoms with Crippen LogP contribution in [0.1, 0.15) is 32.7 Å². The molecule has 0 aromatic heterocycles. The lowest BCUT2D eigenvalue weighted by Crippen LogP contribution is -2.46. The number of hydrogen-bond donors (Lipinski definition) is 0. The summed E-state index contributed by atoms with van der Waals surface area (Å²) >= 11 is 3.28. The Bertz CT molecular complexity index is 1210. The molecular formula is C20H17BrN2O8S. The summed E-state index contributed by atoms with van der Waals surface area (Å²) in [5.74, 6) is -3.46. The van der Waals surface area contributed by atoms with Gasteiger partial charge in [-0.1, -0.05) is 34.1 Å². The highest BCUT2D eigenvalue weighted by atomic mass is 79.9. The number of hydrogen-bond acceptors (Lipinski definition) is 8. The molecule has 0 N–H and O–H groups in total. The van der Waals surface area contributed by atoms with E-state index in [4.69, 9.17) is 4.74 Å². The molecule has 168 valence electrons. The second-order valence-electron chi connectivity index (χ2n) is 7.11. The van der Waals surface area contributed by atoms with Crippen LogP contribution >= 0.6 is 15.9 Å². The fourth-order valence-electron chi connectivity index (χ4n) is 3.23. The molecule has 1 atom stereocenters. The highest BCUT2D eigenvalue weighted by Gasteiger charge is 2.47. The van der Waals surface area contributed by atoms with Crippen molar-refractivity contribution in [3.63, 3.8) is 0 Å². The maximum absolute atomic E-state index is 13.0. The largest absolute Gasteiger partial charge is 0.459 e. The molecule has 12 heteroatoms. The molecule has 0 radical (unpaired) electrons. The van der Waals surface area contributed by atoms with Gasteiger partial charge in [-0.05, 0) is 30.2 Å². The van der Waals surface area contributed by atoms with E-state index in [1.807, 2.05) is 0 Å². The topological polar surface area (TPSA) is 141 Å². The zero-order chi connectivity index (χ0) is 23.6. The standard InChI is InChI=1S/C20H17BrN2O8S/c1-32(29,30)10-9-16(20(26)31-11-12-5-7-13(21)8-6-12)22-18(24)14-3-2-4-15(23(27)28)17(14)19(22)25/h2-8,16H,9-11H2,1H3/t16-/m0/s1. The van der Waals surface area contributed by atoms with E-state index in [1.165, 1.54) is 12.1 Å². The third kappa shape index (κ3) is 5.02. The Balaban J connectivity index is 1.91. The van der Waals surface area contributed by atoms with Crippen molar-refractivity contribution in [2.24, 2.45) is 0 Å². The van der Waals surface area contributed by atoms with Gasteiger partial charge in [0.2, 0.25) is 0 Å². The molecule has 0 saturated carbocycles. The molecular weight excluding hydrogens is 508 g/mol. The number of rotatable bonds is 8. The summed E-state index contributed by atoms with van der Waals surface area (Å²) in [6.07, 6.45) is 0.543. The van der Waals surface area contributed by atoms with Gasteiger partial charge in [-0.3, -0.25) is 24.6 Å². The van der Waals surface area contributed by atoms with E-state index in [0.29, 0.717) is 10.5 Å². The lowest BCUT2D eigenvalue weighted by molar-refractivity contribution is -0.385. The molecule has 1 aliphatic rings. The summed E-state index contributed by atoms with van der Waals surface area (Å²) in [6.45, 7) is -0.176. The molecule has 2 amide bonds. The molecule has 0 aliphatic carbocycles. The fraction of sp³-hybridized carbons (Fsp3) is 0.250. The molecule has 2 aromatic rings. The van der Waals surface area contributed by atoms with Crippen molar-refractivity contribution in [2.45, 2.75) is 19.1 Å². The molecule has 0 unspecified atom stereocenters. The van der Waals surface area contributed by atoms with E-state index in [1.54, 1.807) is 24.3 Å².